The quantitative estimate of drug-likeness (QED) is 0.573. The molecule has 0 saturated heterocycles. The Morgan fingerprint density at radius 3 is 2.89 bits per heavy atom. The van der Waals surface area contributed by atoms with Crippen LogP contribution in [0.3, 0.4) is 0 Å². The lowest BCUT2D eigenvalue weighted by Gasteiger charge is -2.13. The summed E-state index contributed by atoms with van der Waals surface area (Å²) in [6.07, 6.45) is 3.77. The van der Waals surface area contributed by atoms with Crippen LogP contribution in [0.25, 0.3) is 0 Å². The molecule has 18 heavy (non-hydrogen) atoms. The molecule has 2 unspecified atom stereocenters. The summed E-state index contributed by atoms with van der Waals surface area (Å²) in [5, 5.41) is 3.51. The van der Waals surface area contributed by atoms with E-state index in [9.17, 15) is 0 Å². The Morgan fingerprint density at radius 2 is 2.11 bits per heavy atom. The van der Waals surface area contributed by atoms with E-state index in [4.69, 9.17) is 10.5 Å². The maximum absolute atomic E-state index is 6.12. The van der Waals surface area contributed by atoms with Crippen molar-refractivity contribution in [3.8, 4) is 0 Å². The second-order valence-corrected chi connectivity index (χ2v) is 4.67. The summed E-state index contributed by atoms with van der Waals surface area (Å²) in [5.74, 6) is 0. The minimum Gasteiger partial charge on any atom is -0.380 e. The summed E-state index contributed by atoms with van der Waals surface area (Å²) < 4.78 is 5.48. The molecule has 0 aliphatic heterocycles. The summed E-state index contributed by atoms with van der Waals surface area (Å²) in [7, 11) is 0. The largest absolute Gasteiger partial charge is 0.380 e. The van der Waals surface area contributed by atoms with Crippen LogP contribution in [0, 0.1) is 0 Å². The number of nitrogens with one attached hydrogen (secondary N) is 1. The molecule has 3 heteroatoms. The molecule has 0 bridgehead atoms. The fraction of sp³-hybridized carbons (Fsp3) is 0.467. The number of ether oxygens (including phenoxy) is 1. The van der Waals surface area contributed by atoms with Crippen LogP contribution in [0.4, 0.5) is 0 Å². The Hall–Kier alpha value is -1.16. The minimum absolute atomic E-state index is 0.167. The molecule has 0 radical (unpaired) electrons. The fourth-order valence-corrected chi connectivity index (χ4v) is 2.44. The van der Waals surface area contributed by atoms with Gasteiger partial charge in [-0.3, -0.25) is 0 Å². The highest BCUT2D eigenvalue weighted by Gasteiger charge is 2.27. The van der Waals surface area contributed by atoms with Gasteiger partial charge in [0.2, 0.25) is 0 Å². The molecule has 2 atom stereocenters. The van der Waals surface area contributed by atoms with Gasteiger partial charge in [-0.1, -0.05) is 30.3 Å². The lowest BCUT2D eigenvalue weighted by molar-refractivity contribution is 0.138. The topological polar surface area (TPSA) is 47.3 Å². The van der Waals surface area contributed by atoms with Crippen LogP contribution in [-0.4, -0.2) is 19.8 Å². The minimum atomic E-state index is 0.167. The first-order valence-electron chi connectivity index (χ1n) is 6.59. The van der Waals surface area contributed by atoms with E-state index in [0.29, 0.717) is 6.04 Å². The third-order valence-corrected chi connectivity index (χ3v) is 3.36. The van der Waals surface area contributed by atoms with E-state index < -0.39 is 0 Å². The van der Waals surface area contributed by atoms with Crippen molar-refractivity contribution in [3.05, 3.63) is 48.0 Å². The Bertz CT molecular complexity index is 392. The van der Waals surface area contributed by atoms with E-state index in [1.54, 1.807) is 0 Å². The lowest BCUT2D eigenvalue weighted by Crippen LogP contribution is -2.24. The number of fused-ring (bicyclic) bond motifs is 1. The van der Waals surface area contributed by atoms with Crippen LogP contribution in [0.5, 0.6) is 0 Å². The molecule has 3 N–H and O–H groups in total. The molecule has 0 heterocycles. The average molecular weight is 246 g/mol. The fourth-order valence-electron chi connectivity index (χ4n) is 2.44. The lowest BCUT2D eigenvalue weighted by atomic mass is 10.1. The summed E-state index contributed by atoms with van der Waals surface area (Å²) in [6.45, 7) is 6.02. The van der Waals surface area contributed by atoms with Gasteiger partial charge < -0.3 is 15.8 Å². The van der Waals surface area contributed by atoms with E-state index >= 15 is 0 Å². The highest BCUT2D eigenvalue weighted by molar-refractivity contribution is 5.37. The third kappa shape index (κ3) is 3.19. The number of hydrogen-bond acceptors (Lipinski definition) is 3. The Labute approximate surface area is 109 Å². The van der Waals surface area contributed by atoms with E-state index in [0.717, 1.165) is 32.6 Å². The highest BCUT2D eigenvalue weighted by Crippen LogP contribution is 2.36. The molecule has 1 aliphatic carbocycles. The number of nitrogens with two attached hydrogens (primary N) is 1. The van der Waals surface area contributed by atoms with E-state index in [1.165, 1.54) is 11.1 Å². The van der Waals surface area contributed by atoms with Crippen LogP contribution >= 0.6 is 0 Å². The molecule has 0 fully saturated rings. The summed E-state index contributed by atoms with van der Waals surface area (Å²) in [5.41, 5.74) is 8.75. The van der Waals surface area contributed by atoms with Crippen LogP contribution in [0.1, 0.15) is 36.1 Å². The summed E-state index contributed by atoms with van der Waals surface area (Å²) >= 11 is 0. The average Bonchev–Trinajstić information content (AvgIpc) is 2.71. The van der Waals surface area contributed by atoms with Crippen LogP contribution in [0.2, 0.25) is 0 Å². The predicted molar refractivity (Wildman–Crippen MR) is 74.4 cm³/mol. The van der Waals surface area contributed by atoms with Gasteiger partial charge >= 0.3 is 0 Å². The van der Waals surface area contributed by atoms with Gasteiger partial charge in [0.25, 0.3) is 0 Å². The second-order valence-electron chi connectivity index (χ2n) is 4.67. The van der Waals surface area contributed by atoms with Gasteiger partial charge in [0.05, 0.1) is 13.2 Å². The summed E-state index contributed by atoms with van der Waals surface area (Å²) in [6, 6.07) is 8.96. The Kier molecular flexibility index (Phi) is 4.93. The van der Waals surface area contributed by atoms with E-state index in [2.05, 4.69) is 36.2 Å². The van der Waals surface area contributed by atoms with Gasteiger partial charge in [0.15, 0.2) is 0 Å². The first kappa shape index (κ1) is 13.3. The van der Waals surface area contributed by atoms with Crippen molar-refractivity contribution < 1.29 is 4.74 Å². The highest BCUT2D eigenvalue weighted by atomic mass is 16.5. The van der Waals surface area contributed by atoms with Gasteiger partial charge in [-0.2, -0.15) is 0 Å². The third-order valence-electron chi connectivity index (χ3n) is 3.36. The normalized spacial score (nSPS) is 21.8. The van der Waals surface area contributed by atoms with Crippen molar-refractivity contribution in [1.29, 1.82) is 0 Å². The van der Waals surface area contributed by atoms with Gasteiger partial charge in [-0.25, -0.2) is 0 Å². The molecule has 0 spiro atoms. The zero-order valence-electron chi connectivity index (χ0n) is 10.8. The molecule has 1 aliphatic rings. The molecule has 1 aromatic carbocycles. The van der Waals surface area contributed by atoms with Crippen molar-refractivity contribution in [3.63, 3.8) is 0 Å². The number of benzene rings is 1. The smallest absolute Gasteiger partial charge is 0.0591 e. The first-order valence-corrected chi connectivity index (χ1v) is 6.59. The number of rotatable bonds is 7. The van der Waals surface area contributed by atoms with E-state index in [-0.39, 0.29) is 6.04 Å². The van der Waals surface area contributed by atoms with Crippen LogP contribution < -0.4 is 11.1 Å². The second kappa shape index (κ2) is 6.69. The maximum atomic E-state index is 6.12. The van der Waals surface area contributed by atoms with Crippen molar-refractivity contribution in [2.45, 2.75) is 24.9 Å². The summed E-state index contributed by atoms with van der Waals surface area (Å²) in [4.78, 5) is 0. The predicted octanol–water partition coefficient (Wildman–Crippen LogP) is 2.31. The SMILES string of the molecule is C=CCCOCCNC1CC(N)c2ccccc21. The molecular formula is C15H22N2O. The van der Waals surface area contributed by atoms with Crippen molar-refractivity contribution in [2.24, 2.45) is 5.73 Å². The van der Waals surface area contributed by atoms with Crippen molar-refractivity contribution in [1.82, 2.24) is 5.32 Å². The standard InChI is InChI=1S/C15H22N2O/c1-2-3-9-18-10-8-17-15-11-14(16)12-6-4-5-7-13(12)15/h2,4-7,14-15,17H,1,3,8-11,16H2. The van der Waals surface area contributed by atoms with Gasteiger partial charge in [-0.05, 0) is 24.0 Å². The van der Waals surface area contributed by atoms with Crippen LogP contribution in [-0.2, 0) is 4.74 Å². The molecule has 1 aromatic rings. The molecule has 2 rings (SSSR count). The molecule has 0 aromatic heterocycles. The first-order chi connectivity index (χ1) is 8.83. The maximum Gasteiger partial charge on any atom is 0.0591 e. The van der Waals surface area contributed by atoms with Crippen molar-refractivity contribution >= 4 is 0 Å². The molecular weight excluding hydrogens is 224 g/mol. The zero-order valence-corrected chi connectivity index (χ0v) is 10.8. The molecule has 0 amide bonds. The number of hydrogen-bond donors (Lipinski definition) is 2. The Balaban J connectivity index is 1.76. The molecule has 98 valence electrons. The Morgan fingerprint density at radius 1 is 1.33 bits per heavy atom. The van der Waals surface area contributed by atoms with Gasteiger partial charge in [0.1, 0.15) is 0 Å². The van der Waals surface area contributed by atoms with Gasteiger partial charge in [-0.15, -0.1) is 6.58 Å². The monoisotopic (exact) mass is 246 g/mol. The van der Waals surface area contributed by atoms with Crippen LogP contribution in [0.15, 0.2) is 36.9 Å². The van der Waals surface area contributed by atoms with Gasteiger partial charge in [0, 0.05) is 18.6 Å². The van der Waals surface area contributed by atoms with E-state index in [1.807, 2.05) is 6.08 Å². The van der Waals surface area contributed by atoms with Crippen molar-refractivity contribution in [2.75, 3.05) is 19.8 Å². The zero-order chi connectivity index (χ0) is 12.8. The molecule has 0 saturated carbocycles. The molecule has 3 nitrogen and oxygen atoms in total.